The van der Waals surface area contributed by atoms with Crippen LogP contribution in [0.4, 0.5) is 4.79 Å². The van der Waals surface area contributed by atoms with Gasteiger partial charge in [0.1, 0.15) is 5.60 Å². The molecule has 0 aromatic carbocycles. The van der Waals surface area contributed by atoms with Crippen LogP contribution in [0.1, 0.15) is 47.1 Å². The number of ether oxygens (including phenoxy) is 1. The first-order valence-corrected chi connectivity index (χ1v) is 8.63. The first kappa shape index (κ1) is 17.1. The first-order valence-electron chi connectivity index (χ1n) is 7.65. The molecule has 1 atom stereocenters. The van der Waals surface area contributed by atoms with E-state index in [4.69, 9.17) is 4.74 Å². The highest BCUT2D eigenvalue weighted by molar-refractivity contribution is 7.99. The van der Waals surface area contributed by atoms with Crippen LogP contribution in [-0.4, -0.2) is 55.6 Å². The number of amides is 1. The van der Waals surface area contributed by atoms with Crippen LogP contribution in [0, 0.1) is 5.92 Å². The summed E-state index contributed by atoms with van der Waals surface area (Å²) in [6, 6.07) is 0.249. The molecule has 0 unspecified atom stereocenters. The summed E-state index contributed by atoms with van der Waals surface area (Å²) in [5, 5.41) is 12.6. The maximum Gasteiger partial charge on any atom is 0.410 e. The van der Waals surface area contributed by atoms with Crippen LogP contribution in [0.25, 0.3) is 0 Å². The lowest BCUT2D eigenvalue weighted by Crippen LogP contribution is -2.35. The van der Waals surface area contributed by atoms with Gasteiger partial charge in [-0.15, -0.1) is 5.10 Å². The van der Waals surface area contributed by atoms with Crippen molar-refractivity contribution in [3.05, 3.63) is 0 Å². The highest BCUT2D eigenvalue weighted by atomic mass is 32.2. The molecule has 2 rings (SSSR count). The van der Waals surface area contributed by atoms with E-state index in [0.717, 1.165) is 30.4 Å². The average molecular weight is 327 g/mol. The molecule has 0 spiro atoms. The lowest BCUT2D eigenvalue weighted by molar-refractivity contribution is 0.0289. The molecule has 1 aliphatic rings. The minimum atomic E-state index is -0.441. The number of hydrogen-bond donors (Lipinski definition) is 0. The van der Waals surface area contributed by atoms with Gasteiger partial charge in [-0.2, -0.15) is 0 Å². The summed E-state index contributed by atoms with van der Waals surface area (Å²) in [7, 11) is 0. The van der Waals surface area contributed by atoms with Crippen LogP contribution in [0.5, 0.6) is 0 Å². The molecule has 0 saturated carbocycles. The van der Waals surface area contributed by atoms with Gasteiger partial charge in [0.2, 0.25) is 5.16 Å². The van der Waals surface area contributed by atoms with E-state index in [1.165, 1.54) is 0 Å². The van der Waals surface area contributed by atoms with Crippen LogP contribution >= 0.6 is 11.8 Å². The van der Waals surface area contributed by atoms with Crippen molar-refractivity contribution in [2.75, 3.05) is 18.8 Å². The van der Waals surface area contributed by atoms with E-state index in [9.17, 15) is 4.79 Å². The third kappa shape index (κ3) is 4.59. The van der Waals surface area contributed by atoms with Gasteiger partial charge in [-0.25, -0.2) is 9.48 Å². The smallest absolute Gasteiger partial charge is 0.410 e. The molecule has 1 aromatic rings. The van der Waals surface area contributed by atoms with Crippen molar-refractivity contribution in [3.8, 4) is 0 Å². The molecule has 2 heterocycles. The number of nitrogens with zero attached hydrogens (tertiary/aromatic N) is 5. The third-order valence-electron chi connectivity index (χ3n) is 3.34. The van der Waals surface area contributed by atoms with E-state index in [-0.39, 0.29) is 12.1 Å². The summed E-state index contributed by atoms with van der Waals surface area (Å²) >= 11 is 1.65. The molecule has 0 bridgehead atoms. The van der Waals surface area contributed by atoms with Crippen LogP contribution in [-0.2, 0) is 4.74 Å². The standard InChI is InChI=1S/C14H25N5O2S/c1-10(2)19-12(15-16-17-19)22-9-11-6-7-18(8-11)13(20)21-14(3,4)5/h10-11H,6-9H2,1-5H3/t11-/m1/s1. The SMILES string of the molecule is CC(C)n1nnnc1SC[C@@H]1CCN(C(=O)OC(C)(C)C)C1. The quantitative estimate of drug-likeness (QED) is 0.792. The molecule has 0 N–H and O–H groups in total. The Kier molecular flexibility index (Phi) is 5.31. The van der Waals surface area contributed by atoms with E-state index in [1.54, 1.807) is 16.7 Å². The van der Waals surface area contributed by atoms with Crippen molar-refractivity contribution < 1.29 is 9.53 Å². The Morgan fingerprint density at radius 3 is 2.82 bits per heavy atom. The Morgan fingerprint density at radius 1 is 1.45 bits per heavy atom. The fourth-order valence-corrected chi connectivity index (χ4v) is 3.39. The summed E-state index contributed by atoms with van der Waals surface area (Å²) in [5.41, 5.74) is -0.441. The van der Waals surface area contributed by atoms with Gasteiger partial charge >= 0.3 is 6.09 Å². The molecule has 1 amide bonds. The van der Waals surface area contributed by atoms with Crippen molar-refractivity contribution in [3.63, 3.8) is 0 Å². The summed E-state index contributed by atoms with van der Waals surface area (Å²) < 4.78 is 7.24. The first-order chi connectivity index (χ1) is 10.3. The minimum absolute atomic E-state index is 0.216. The fraction of sp³-hybridized carbons (Fsp3) is 0.857. The molecule has 1 aliphatic heterocycles. The molecule has 1 aromatic heterocycles. The number of carbonyl (C=O) groups is 1. The van der Waals surface area contributed by atoms with Crippen LogP contribution in [0.15, 0.2) is 5.16 Å². The zero-order chi connectivity index (χ0) is 16.3. The minimum Gasteiger partial charge on any atom is -0.444 e. The van der Waals surface area contributed by atoms with E-state index in [1.807, 2.05) is 25.5 Å². The number of aromatic nitrogens is 4. The van der Waals surface area contributed by atoms with Crippen molar-refractivity contribution in [1.82, 2.24) is 25.1 Å². The molecular weight excluding hydrogens is 302 g/mol. The monoisotopic (exact) mass is 327 g/mol. The van der Waals surface area contributed by atoms with E-state index >= 15 is 0 Å². The Hall–Kier alpha value is -1.31. The number of carbonyl (C=O) groups excluding carboxylic acids is 1. The van der Waals surface area contributed by atoms with Crippen molar-refractivity contribution in [2.24, 2.45) is 5.92 Å². The normalized spacial score (nSPS) is 19.0. The molecule has 8 heteroatoms. The lowest BCUT2D eigenvalue weighted by Gasteiger charge is -2.24. The maximum absolute atomic E-state index is 12.0. The van der Waals surface area contributed by atoms with Gasteiger partial charge in [-0.1, -0.05) is 11.8 Å². The molecule has 22 heavy (non-hydrogen) atoms. The molecule has 124 valence electrons. The van der Waals surface area contributed by atoms with Crippen molar-refractivity contribution >= 4 is 17.9 Å². The number of likely N-dealkylation sites (tertiary alicyclic amines) is 1. The van der Waals surface area contributed by atoms with Gasteiger partial charge in [0.25, 0.3) is 0 Å². The Morgan fingerprint density at radius 2 is 2.18 bits per heavy atom. The van der Waals surface area contributed by atoms with Crippen molar-refractivity contribution in [2.45, 2.75) is 57.8 Å². The summed E-state index contributed by atoms with van der Waals surface area (Å²) in [6.45, 7) is 11.3. The van der Waals surface area contributed by atoms with Gasteiger partial charge in [-0.05, 0) is 57.4 Å². The summed E-state index contributed by atoms with van der Waals surface area (Å²) in [4.78, 5) is 13.8. The number of thioether (sulfide) groups is 1. The van der Waals surface area contributed by atoms with E-state index < -0.39 is 5.60 Å². The third-order valence-corrected chi connectivity index (χ3v) is 4.50. The van der Waals surface area contributed by atoms with Gasteiger partial charge in [0.05, 0.1) is 6.04 Å². The molecule has 7 nitrogen and oxygen atoms in total. The Balaban J connectivity index is 1.81. The second-order valence-corrected chi connectivity index (χ2v) is 7.88. The molecule has 0 radical (unpaired) electrons. The lowest BCUT2D eigenvalue weighted by atomic mass is 10.2. The molecule has 1 saturated heterocycles. The van der Waals surface area contributed by atoms with Gasteiger partial charge in [0, 0.05) is 18.8 Å². The maximum atomic E-state index is 12.0. The molecule has 1 fully saturated rings. The highest BCUT2D eigenvalue weighted by Gasteiger charge is 2.30. The number of tetrazole rings is 1. The van der Waals surface area contributed by atoms with Crippen LogP contribution in [0.3, 0.4) is 0 Å². The molecular formula is C14H25N5O2S. The number of rotatable bonds is 4. The second kappa shape index (κ2) is 6.85. The van der Waals surface area contributed by atoms with E-state index in [0.29, 0.717) is 5.92 Å². The van der Waals surface area contributed by atoms with Gasteiger partial charge < -0.3 is 9.64 Å². The predicted octanol–water partition coefficient (Wildman–Crippen LogP) is 2.60. The molecule has 0 aliphatic carbocycles. The summed E-state index contributed by atoms with van der Waals surface area (Å²) in [6.07, 6.45) is 0.780. The zero-order valence-corrected chi connectivity index (χ0v) is 14.8. The fourth-order valence-electron chi connectivity index (χ4n) is 2.26. The Bertz CT molecular complexity index is 512. The zero-order valence-electron chi connectivity index (χ0n) is 13.9. The second-order valence-electron chi connectivity index (χ2n) is 6.89. The summed E-state index contributed by atoms with van der Waals surface area (Å²) in [5.74, 6) is 1.36. The largest absolute Gasteiger partial charge is 0.444 e. The van der Waals surface area contributed by atoms with Crippen molar-refractivity contribution in [1.29, 1.82) is 0 Å². The topological polar surface area (TPSA) is 73.1 Å². The average Bonchev–Trinajstić information content (AvgIpc) is 3.03. The predicted molar refractivity (Wildman–Crippen MR) is 84.8 cm³/mol. The number of hydrogen-bond acceptors (Lipinski definition) is 6. The van der Waals surface area contributed by atoms with E-state index in [2.05, 4.69) is 29.4 Å². The Labute approximate surface area is 135 Å². The van der Waals surface area contributed by atoms with Crippen LogP contribution in [0.2, 0.25) is 0 Å². The van der Waals surface area contributed by atoms with Gasteiger partial charge in [0.15, 0.2) is 0 Å². The van der Waals surface area contributed by atoms with Crippen LogP contribution < -0.4 is 0 Å². The van der Waals surface area contributed by atoms with Gasteiger partial charge in [-0.3, -0.25) is 0 Å². The highest BCUT2D eigenvalue weighted by Crippen LogP contribution is 2.26.